The van der Waals surface area contributed by atoms with Gasteiger partial charge in [-0.1, -0.05) is 36.6 Å². The summed E-state index contributed by atoms with van der Waals surface area (Å²) < 4.78 is 13.8. The fourth-order valence-electron chi connectivity index (χ4n) is 2.29. The van der Waals surface area contributed by atoms with Crippen molar-refractivity contribution in [3.8, 4) is 6.07 Å². The Morgan fingerprint density at radius 2 is 2.00 bits per heavy atom. The lowest BCUT2D eigenvalue weighted by Crippen LogP contribution is -2.21. The van der Waals surface area contributed by atoms with Gasteiger partial charge in [-0.2, -0.15) is 5.26 Å². The van der Waals surface area contributed by atoms with Gasteiger partial charge in [-0.25, -0.2) is 4.39 Å². The van der Waals surface area contributed by atoms with Crippen molar-refractivity contribution in [3.05, 3.63) is 34.6 Å². The smallest absolute Gasteiger partial charge is 0.146 e. The first-order valence-electron chi connectivity index (χ1n) is 5.05. The van der Waals surface area contributed by atoms with Crippen LogP contribution in [0.4, 0.5) is 4.39 Å². The molecule has 0 bridgehead atoms. The molecule has 0 amide bonds. The van der Waals surface area contributed by atoms with E-state index in [9.17, 15) is 9.65 Å². The lowest BCUT2D eigenvalue weighted by molar-refractivity contribution is 0.516. The molecule has 1 aromatic carbocycles. The highest BCUT2D eigenvalue weighted by molar-refractivity contribution is 6.30. The van der Waals surface area contributed by atoms with Crippen molar-refractivity contribution in [2.24, 2.45) is 0 Å². The van der Waals surface area contributed by atoms with E-state index in [1.807, 2.05) is 0 Å². The Morgan fingerprint density at radius 3 is 2.60 bits per heavy atom. The zero-order valence-corrected chi connectivity index (χ0v) is 9.02. The predicted octanol–water partition coefficient (Wildman–Crippen LogP) is 3.81. The maximum atomic E-state index is 13.8. The molecule has 0 N–H and O–H groups in total. The second-order valence-corrected chi connectivity index (χ2v) is 4.41. The third-order valence-electron chi connectivity index (χ3n) is 3.14. The fourth-order valence-corrected chi connectivity index (χ4v) is 2.47. The van der Waals surface area contributed by atoms with Crippen molar-refractivity contribution in [1.29, 1.82) is 5.26 Å². The first-order valence-corrected chi connectivity index (χ1v) is 5.43. The monoisotopic (exact) mass is 223 g/mol. The van der Waals surface area contributed by atoms with Gasteiger partial charge >= 0.3 is 0 Å². The zero-order valence-electron chi connectivity index (χ0n) is 8.26. The SMILES string of the molecule is N#CC1(c2cccc(Cl)c2F)CCCC1. The van der Waals surface area contributed by atoms with E-state index in [2.05, 4.69) is 6.07 Å². The van der Waals surface area contributed by atoms with Crippen molar-refractivity contribution in [2.75, 3.05) is 0 Å². The van der Waals surface area contributed by atoms with Crippen LogP contribution in [0, 0.1) is 17.1 Å². The number of halogens is 2. The molecule has 2 rings (SSSR count). The molecule has 0 radical (unpaired) electrons. The maximum Gasteiger partial charge on any atom is 0.146 e. The van der Waals surface area contributed by atoms with E-state index < -0.39 is 11.2 Å². The average molecular weight is 224 g/mol. The third kappa shape index (κ3) is 1.61. The van der Waals surface area contributed by atoms with Crippen LogP contribution in [-0.2, 0) is 5.41 Å². The Bertz CT molecular complexity index is 416. The Hall–Kier alpha value is -1.07. The molecule has 1 saturated carbocycles. The van der Waals surface area contributed by atoms with Gasteiger partial charge in [-0.15, -0.1) is 0 Å². The molecular formula is C12H11ClFN. The van der Waals surface area contributed by atoms with Crippen LogP contribution in [0.25, 0.3) is 0 Å². The molecule has 0 aliphatic heterocycles. The third-order valence-corrected chi connectivity index (χ3v) is 3.43. The molecule has 3 heteroatoms. The van der Waals surface area contributed by atoms with Gasteiger partial charge in [0.2, 0.25) is 0 Å². The van der Waals surface area contributed by atoms with Crippen molar-refractivity contribution in [3.63, 3.8) is 0 Å². The van der Waals surface area contributed by atoms with Crippen molar-refractivity contribution >= 4 is 11.6 Å². The van der Waals surface area contributed by atoms with Crippen LogP contribution < -0.4 is 0 Å². The van der Waals surface area contributed by atoms with Gasteiger partial charge in [0, 0.05) is 5.56 Å². The topological polar surface area (TPSA) is 23.8 Å². The molecule has 1 aromatic rings. The minimum Gasteiger partial charge on any atom is -0.205 e. The highest BCUT2D eigenvalue weighted by Crippen LogP contribution is 2.42. The second kappa shape index (κ2) is 3.83. The molecule has 0 heterocycles. The number of nitriles is 1. The Morgan fingerprint density at radius 1 is 1.33 bits per heavy atom. The van der Waals surface area contributed by atoms with E-state index in [0.717, 1.165) is 25.7 Å². The summed E-state index contributed by atoms with van der Waals surface area (Å²) in [6.07, 6.45) is 3.44. The first-order chi connectivity index (χ1) is 7.19. The highest BCUT2D eigenvalue weighted by atomic mass is 35.5. The molecule has 15 heavy (non-hydrogen) atoms. The van der Waals surface area contributed by atoms with E-state index >= 15 is 0 Å². The summed E-state index contributed by atoms with van der Waals surface area (Å²) in [5, 5.41) is 9.33. The lowest BCUT2D eigenvalue weighted by Gasteiger charge is -2.21. The summed E-state index contributed by atoms with van der Waals surface area (Å²) in [5.41, 5.74) is -0.176. The molecule has 78 valence electrons. The van der Waals surface area contributed by atoms with Crippen LogP contribution in [0.5, 0.6) is 0 Å². The normalized spacial score (nSPS) is 18.7. The summed E-state index contributed by atoms with van der Waals surface area (Å²) in [6, 6.07) is 7.16. The van der Waals surface area contributed by atoms with Crippen molar-refractivity contribution < 1.29 is 4.39 Å². The molecule has 1 fully saturated rings. The highest BCUT2D eigenvalue weighted by Gasteiger charge is 2.38. The summed E-state index contributed by atoms with van der Waals surface area (Å²) >= 11 is 5.73. The minimum atomic E-state index is -0.644. The van der Waals surface area contributed by atoms with E-state index in [1.165, 1.54) is 6.07 Å². The van der Waals surface area contributed by atoms with Gasteiger partial charge in [-0.05, 0) is 18.9 Å². The van der Waals surface area contributed by atoms with Crippen molar-refractivity contribution in [1.82, 2.24) is 0 Å². The fraction of sp³-hybridized carbons (Fsp3) is 0.417. The van der Waals surface area contributed by atoms with E-state index in [1.54, 1.807) is 12.1 Å². The quantitative estimate of drug-likeness (QED) is 0.710. The van der Waals surface area contributed by atoms with Crippen LogP contribution in [0.3, 0.4) is 0 Å². The van der Waals surface area contributed by atoms with Crippen LogP contribution in [-0.4, -0.2) is 0 Å². The molecule has 1 aliphatic rings. The number of hydrogen-bond acceptors (Lipinski definition) is 1. The van der Waals surface area contributed by atoms with E-state index in [-0.39, 0.29) is 5.02 Å². The Balaban J connectivity index is 2.53. The lowest BCUT2D eigenvalue weighted by atomic mass is 9.80. The Labute approximate surface area is 93.5 Å². The molecule has 0 atom stereocenters. The molecular weight excluding hydrogens is 213 g/mol. The first kappa shape index (κ1) is 10.4. The molecule has 0 unspecified atom stereocenters. The molecule has 0 aromatic heterocycles. The molecule has 1 aliphatic carbocycles. The number of rotatable bonds is 1. The van der Waals surface area contributed by atoms with Crippen LogP contribution >= 0.6 is 11.6 Å². The summed E-state index contributed by atoms with van der Waals surface area (Å²) in [7, 11) is 0. The molecule has 0 spiro atoms. The number of nitrogens with zero attached hydrogens (tertiary/aromatic N) is 1. The predicted molar refractivity (Wildman–Crippen MR) is 57.2 cm³/mol. The van der Waals surface area contributed by atoms with Gasteiger partial charge in [0.05, 0.1) is 16.5 Å². The van der Waals surface area contributed by atoms with E-state index in [0.29, 0.717) is 5.56 Å². The summed E-state index contributed by atoms with van der Waals surface area (Å²) in [5.74, 6) is -0.428. The zero-order chi connectivity index (χ0) is 10.9. The Kier molecular flexibility index (Phi) is 2.67. The van der Waals surface area contributed by atoms with Gasteiger partial charge in [0.25, 0.3) is 0 Å². The average Bonchev–Trinajstić information content (AvgIpc) is 2.72. The van der Waals surface area contributed by atoms with Crippen molar-refractivity contribution in [2.45, 2.75) is 31.1 Å². The van der Waals surface area contributed by atoms with Crippen LogP contribution in [0.2, 0.25) is 5.02 Å². The standard InChI is InChI=1S/C12H11ClFN/c13-10-5-3-4-9(11(10)14)12(8-15)6-1-2-7-12/h3-5H,1-2,6-7H2. The van der Waals surface area contributed by atoms with Gasteiger partial charge in [-0.3, -0.25) is 0 Å². The minimum absolute atomic E-state index is 0.106. The number of benzene rings is 1. The van der Waals surface area contributed by atoms with E-state index in [4.69, 9.17) is 11.6 Å². The summed E-state index contributed by atoms with van der Waals surface area (Å²) in [6.45, 7) is 0. The van der Waals surface area contributed by atoms with Crippen LogP contribution in [0.1, 0.15) is 31.2 Å². The maximum absolute atomic E-state index is 13.8. The van der Waals surface area contributed by atoms with Crippen LogP contribution in [0.15, 0.2) is 18.2 Å². The molecule has 0 saturated heterocycles. The van der Waals surface area contributed by atoms with Gasteiger partial charge in [0.15, 0.2) is 0 Å². The van der Waals surface area contributed by atoms with Gasteiger partial charge in [0.1, 0.15) is 5.82 Å². The molecule has 1 nitrogen and oxygen atoms in total. The largest absolute Gasteiger partial charge is 0.205 e. The van der Waals surface area contributed by atoms with Gasteiger partial charge < -0.3 is 0 Å². The second-order valence-electron chi connectivity index (χ2n) is 4.00. The number of hydrogen-bond donors (Lipinski definition) is 0. The summed E-state index contributed by atoms with van der Waals surface area (Å²) in [4.78, 5) is 0.